The van der Waals surface area contributed by atoms with E-state index in [1.165, 1.54) is 0 Å². The highest BCUT2D eigenvalue weighted by Crippen LogP contribution is 2.20. The van der Waals surface area contributed by atoms with E-state index in [9.17, 15) is 4.79 Å². The SMILES string of the molecule is O=C(NCCc1nc(-c2ccccn2)cs1)[C@@H]1CC=CCC1. The summed E-state index contributed by atoms with van der Waals surface area (Å²) in [5, 5.41) is 6.08. The molecule has 1 aliphatic rings. The molecular formula is C17H19N3OS. The van der Waals surface area contributed by atoms with Crippen LogP contribution in [0.1, 0.15) is 24.3 Å². The molecule has 0 bridgehead atoms. The van der Waals surface area contributed by atoms with Gasteiger partial charge in [-0.3, -0.25) is 9.78 Å². The van der Waals surface area contributed by atoms with E-state index >= 15 is 0 Å². The molecule has 0 spiro atoms. The Hall–Kier alpha value is -2.01. The van der Waals surface area contributed by atoms with Crippen molar-refractivity contribution >= 4 is 17.2 Å². The van der Waals surface area contributed by atoms with E-state index in [-0.39, 0.29) is 11.8 Å². The first kappa shape index (κ1) is 14.9. The van der Waals surface area contributed by atoms with Gasteiger partial charge in [-0.2, -0.15) is 0 Å². The maximum Gasteiger partial charge on any atom is 0.223 e. The van der Waals surface area contributed by atoms with Crippen molar-refractivity contribution in [2.45, 2.75) is 25.7 Å². The summed E-state index contributed by atoms with van der Waals surface area (Å²) in [5.74, 6) is 0.316. The first-order valence-electron chi connectivity index (χ1n) is 7.61. The van der Waals surface area contributed by atoms with Gasteiger partial charge in [-0.05, 0) is 31.4 Å². The summed E-state index contributed by atoms with van der Waals surface area (Å²) in [7, 11) is 0. The van der Waals surface area contributed by atoms with E-state index in [1.807, 2.05) is 23.6 Å². The summed E-state index contributed by atoms with van der Waals surface area (Å²) in [6, 6.07) is 5.81. The topological polar surface area (TPSA) is 54.9 Å². The Morgan fingerprint density at radius 1 is 1.32 bits per heavy atom. The number of hydrogen-bond donors (Lipinski definition) is 1. The lowest BCUT2D eigenvalue weighted by Crippen LogP contribution is -2.32. The number of nitrogens with one attached hydrogen (secondary N) is 1. The number of carbonyl (C=O) groups excluding carboxylic acids is 1. The van der Waals surface area contributed by atoms with E-state index in [0.717, 1.165) is 42.1 Å². The average Bonchev–Trinajstić information content (AvgIpc) is 3.05. The molecule has 0 saturated heterocycles. The number of pyridine rings is 1. The van der Waals surface area contributed by atoms with Crippen molar-refractivity contribution in [1.82, 2.24) is 15.3 Å². The van der Waals surface area contributed by atoms with Crippen LogP contribution in [0, 0.1) is 5.92 Å². The van der Waals surface area contributed by atoms with Crippen LogP contribution in [-0.4, -0.2) is 22.4 Å². The Balaban J connectivity index is 1.49. The van der Waals surface area contributed by atoms with Crippen molar-refractivity contribution in [3.8, 4) is 11.4 Å². The van der Waals surface area contributed by atoms with Gasteiger partial charge in [0, 0.05) is 30.5 Å². The molecule has 2 aromatic heterocycles. The average molecular weight is 313 g/mol. The zero-order chi connectivity index (χ0) is 15.2. The summed E-state index contributed by atoms with van der Waals surface area (Å²) < 4.78 is 0. The molecule has 2 heterocycles. The molecule has 1 amide bonds. The molecule has 1 N–H and O–H groups in total. The van der Waals surface area contributed by atoms with Gasteiger partial charge in [0.15, 0.2) is 0 Å². The van der Waals surface area contributed by atoms with Crippen LogP contribution < -0.4 is 5.32 Å². The largest absolute Gasteiger partial charge is 0.355 e. The van der Waals surface area contributed by atoms with E-state index in [1.54, 1.807) is 17.5 Å². The summed E-state index contributed by atoms with van der Waals surface area (Å²) in [6.45, 7) is 0.647. The first-order chi connectivity index (χ1) is 10.8. The second-order valence-corrected chi connectivity index (χ2v) is 6.31. The molecule has 1 aliphatic carbocycles. The van der Waals surface area contributed by atoms with Crippen molar-refractivity contribution in [1.29, 1.82) is 0 Å². The van der Waals surface area contributed by atoms with Crippen molar-refractivity contribution in [2.24, 2.45) is 5.92 Å². The van der Waals surface area contributed by atoms with Crippen molar-refractivity contribution in [3.05, 3.63) is 46.9 Å². The fourth-order valence-electron chi connectivity index (χ4n) is 2.53. The minimum absolute atomic E-state index is 0.144. The molecule has 0 unspecified atom stereocenters. The van der Waals surface area contributed by atoms with Gasteiger partial charge in [0.25, 0.3) is 0 Å². The summed E-state index contributed by atoms with van der Waals surface area (Å²) in [5.41, 5.74) is 1.80. The quantitative estimate of drug-likeness (QED) is 0.862. The highest BCUT2D eigenvalue weighted by atomic mass is 32.1. The Bertz CT molecular complexity index is 651. The van der Waals surface area contributed by atoms with Crippen LogP contribution in [0.5, 0.6) is 0 Å². The third kappa shape index (κ3) is 3.80. The van der Waals surface area contributed by atoms with E-state index < -0.39 is 0 Å². The molecule has 2 aromatic rings. The van der Waals surface area contributed by atoms with Crippen LogP contribution >= 0.6 is 11.3 Å². The molecule has 0 aromatic carbocycles. The Kier molecular flexibility index (Phi) is 4.96. The number of nitrogens with zero attached hydrogens (tertiary/aromatic N) is 2. The molecule has 4 nitrogen and oxygen atoms in total. The van der Waals surface area contributed by atoms with Gasteiger partial charge in [-0.25, -0.2) is 4.98 Å². The molecule has 3 rings (SSSR count). The Morgan fingerprint density at radius 2 is 2.27 bits per heavy atom. The zero-order valence-electron chi connectivity index (χ0n) is 12.4. The van der Waals surface area contributed by atoms with Crippen LogP contribution in [-0.2, 0) is 11.2 Å². The van der Waals surface area contributed by atoms with E-state index in [0.29, 0.717) is 6.54 Å². The molecule has 0 aliphatic heterocycles. The van der Waals surface area contributed by atoms with Crippen LogP contribution in [0.25, 0.3) is 11.4 Å². The highest BCUT2D eigenvalue weighted by Gasteiger charge is 2.18. The van der Waals surface area contributed by atoms with Gasteiger partial charge in [0.05, 0.1) is 16.4 Å². The van der Waals surface area contributed by atoms with Crippen LogP contribution in [0.4, 0.5) is 0 Å². The zero-order valence-corrected chi connectivity index (χ0v) is 13.2. The lowest BCUT2D eigenvalue weighted by atomic mass is 9.94. The lowest BCUT2D eigenvalue weighted by Gasteiger charge is -2.16. The number of hydrogen-bond acceptors (Lipinski definition) is 4. The third-order valence-electron chi connectivity index (χ3n) is 3.76. The number of allylic oxidation sites excluding steroid dienone is 2. The van der Waals surface area contributed by atoms with Gasteiger partial charge in [-0.15, -0.1) is 11.3 Å². The second-order valence-electron chi connectivity index (χ2n) is 5.36. The third-order valence-corrected chi connectivity index (χ3v) is 4.67. The predicted molar refractivity (Wildman–Crippen MR) is 88.5 cm³/mol. The fourth-order valence-corrected chi connectivity index (χ4v) is 3.32. The molecule has 0 radical (unpaired) electrons. The number of rotatable bonds is 5. The predicted octanol–water partition coefficient (Wildman–Crippen LogP) is 3.22. The fraction of sp³-hybridized carbons (Fsp3) is 0.353. The molecule has 5 heteroatoms. The molecule has 114 valence electrons. The molecular weight excluding hydrogens is 294 g/mol. The standard InChI is InChI=1S/C17H19N3OS/c21-17(13-6-2-1-3-7-13)19-11-9-16-20-15(12-22-16)14-8-4-5-10-18-14/h1-2,4-5,8,10,12-13H,3,6-7,9,11H2,(H,19,21)/t13-/m1/s1. The summed E-state index contributed by atoms with van der Waals surface area (Å²) >= 11 is 1.62. The Morgan fingerprint density at radius 3 is 3.05 bits per heavy atom. The lowest BCUT2D eigenvalue weighted by molar-refractivity contribution is -0.125. The smallest absolute Gasteiger partial charge is 0.223 e. The summed E-state index contributed by atoms with van der Waals surface area (Å²) in [6.07, 6.45) is 9.64. The van der Waals surface area contributed by atoms with Crippen LogP contribution in [0.3, 0.4) is 0 Å². The van der Waals surface area contributed by atoms with Gasteiger partial charge >= 0.3 is 0 Å². The van der Waals surface area contributed by atoms with Crippen LogP contribution in [0.2, 0.25) is 0 Å². The molecule has 0 fully saturated rings. The van der Waals surface area contributed by atoms with E-state index in [2.05, 4.69) is 27.4 Å². The van der Waals surface area contributed by atoms with Crippen molar-refractivity contribution < 1.29 is 4.79 Å². The van der Waals surface area contributed by atoms with Crippen LogP contribution in [0.15, 0.2) is 41.9 Å². The maximum absolute atomic E-state index is 12.0. The van der Waals surface area contributed by atoms with E-state index in [4.69, 9.17) is 0 Å². The number of amides is 1. The van der Waals surface area contributed by atoms with Gasteiger partial charge in [0.1, 0.15) is 0 Å². The second kappa shape index (κ2) is 7.31. The van der Waals surface area contributed by atoms with Gasteiger partial charge < -0.3 is 5.32 Å². The molecule has 0 saturated carbocycles. The van der Waals surface area contributed by atoms with Crippen molar-refractivity contribution in [3.63, 3.8) is 0 Å². The Labute approximate surface area is 134 Å². The highest BCUT2D eigenvalue weighted by molar-refractivity contribution is 7.09. The number of carbonyl (C=O) groups is 1. The maximum atomic E-state index is 12.0. The molecule has 1 atom stereocenters. The van der Waals surface area contributed by atoms with Gasteiger partial charge in [-0.1, -0.05) is 18.2 Å². The minimum atomic E-state index is 0.144. The minimum Gasteiger partial charge on any atom is -0.355 e. The van der Waals surface area contributed by atoms with Crippen molar-refractivity contribution in [2.75, 3.05) is 6.54 Å². The van der Waals surface area contributed by atoms with Gasteiger partial charge in [0.2, 0.25) is 5.91 Å². The number of aromatic nitrogens is 2. The number of thiazole rings is 1. The normalized spacial score (nSPS) is 17.4. The first-order valence-corrected chi connectivity index (χ1v) is 8.49. The summed E-state index contributed by atoms with van der Waals surface area (Å²) in [4.78, 5) is 20.9. The monoisotopic (exact) mass is 313 g/mol. The molecule has 22 heavy (non-hydrogen) atoms.